The van der Waals surface area contributed by atoms with E-state index in [0.29, 0.717) is 0 Å². The summed E-state index contributed by atoms with van der Waals surface area (Å²) < 4.78 is 1.86. The van der Waals surface area contributed by atoms with Gasteiger partial charge in [-0.1, -0.05) is 42.8 Å². The Kier molecular flexibility index (Phi) is 3.86. The lowest BCUT2D eigenvalue weighted by Crippen LogP contribution is -2.05. The fourth-order valence-corrected chi connectivity index (χ4v) is 3.55. The molecule has 0 bridgehead atoms. The molecule has 0 saturated carbocycles. The Morgan fingerprint density at radius 2 is 1.82 bits per heavy atom. The van der Waals surface area contributed by atoms with E-state index in [1.165, 1.54) is 5.56 Å². The lowest BCUT2D eigenvalue weighted by molar-refractivity contribution is 0.753. The molecule has 0 aliphatic rings. The first-order valence-corrected chi connectivity index (χ1v) is 9.33. The van der Waals surface area contributed by atoms with Gasteiger partial charge in [0.1, 0.15) is 0 Å². The van der Waals surface area contributed by atoms with Crippen LogP contribution in [0.2, 0.25) is 0 Å². The molecular formula is C23H19N5. The van der Waals surface area contributed by atoms with Crippen LogP contribution in [0.5, 0.6) is 0 Å². The van der Waals surface area contributed by atoms with Gasteiger partial charge in [-0.3, -0.25) is 4.98 Å². The number of hydrogen-bond acceptors (Lipinski definition) is 4. The molecule has 5 heteroatoms. The summed E-state index contributed by atoms with van der Waals surface area (Å²) in [5.74, 6) is 0.882. The van der Waals surface area contributed by atoms with Gasteiger partial charge in [0.2, 0.25) is 0 Å². The van der Waals surface area contributed by atoms with Crippen LogP contribution in [0.1, 0.15) is 29.8 Å². The third-order valence-electron chi connectivity index (χ3n) is 5.12. The van der Waals surface area contributed by atoms with E-state index in [9.17, 15) is 0 Å². The minimum atomic E-state index is 0.0554. The number of pyridine rings is 1. The van der Waals surface area contributed by atoms with Crippen LogP contribution in [0.15, 0.2) is 72.9 Å². The van der Waals surface area contributed by atoms with E-state index >= 15 is 0 Å². The summed E-state index contributed by atoms with van der Waals surface area (Å²) in [7, 11) is 0. The maximum absolute atomic E-state index is 4.83. The van der Waals surface area contributed by atoms with Crippen LogP contribution in [-0.2, 0) is 0 Å². The molecule has 1 atom stereocenters. The minimum Gasteiger partial charge on any atom is -0.256 e. The van der Waals surface area contributed by atoms with Crippen molar-refractivity contribution in [3.05, 3.63) is 89.9 Å². The molecule has 0 unspecified atom stereocenters. The zero-order valence-corrected chi connectivity index (χ0v) is 15.7. The fourth-order valence-electron chi connectivity index (χ4n) is 3.55. The second-order valence-electron chi connectivity index (χ2n) is 7.09. The second kappa shape index (κ2) is 6.53. The van der Waals surface area contributed by atoms with Gasteiger partial charge in [-0.05, 0) is 48.9 Å². The van der Waals surface area contributed by atoms with E-state index in [1.54, 1.807) is 0 Å². The first-order valence-electron chi connectivity index (χ1n) is 9.33. The van der Waals surface area contributed by atoms with Crippen LogP contribution >= 0.6 is 0 Å². The molecule has 28 heavy (non-hydrogen) atoms. The maximum Gasteiger partial charge on any atom is 0.177 e. The smallest absolute Gasteiger partial charge is 0.177 e. The average Bonchev–Trinajstić information content (AvgIpc) is 3.16. The van der Waals surface area contributed by atoms with E-state index in [4.69, 9.17) is 5.10 Å². The highest BCUT2D eigenvalue weighted by molar-refractivity contribution is 5.79. The number of nitrogens with zero attached hydrogens (tertiary/aromatic N) is 5. The van der Waals surface area contributed by atoms with Crippen molar-refractivity contribution in [3.8, 4) is 11.3 Å². The number of aryl methyl sites for hydroxylation is 1. The average molecular weight is 365 g/mol. The molecule has 5 aromatic rings. The predicted octanol–water partition coefficient (Wildman–Crippen LogP) is 4.80. The lowest BCUT2D eigenvalue weighted by Gasteiger charge is -2.11. The van der Waals surface area contributed by atoms with Crippen molar-refractivity contribution in [2.24, 2.45) is 0 Å². The summed E-state index contributed by atoms with van der Waals surface area (Å²) in [5, 5.41) is 14.7. The van der Waals surface area contributed by atoms with Crippen molar-refractivity contribution in [2.45, 2.75) is 19.8 Å². The molecule has 2 aromatic carbocycles. The van der Waals surface area contributed by atoms with E-state index < -0.39 is 0 Å². The number of rotatable bonds is 3. The largest absolute Gasteiger partial charge is 0.256 e. The van der Waals surface area contributed by atoms with Crippen molar-refractivity contribution in [3.63, 3.8) is 0 Å². The first kappa shape index (κ1) is 16.6. The zero-order valence-electron chi connectivity index (χ0n) is 15.7. The van der Waals surface area contributed by atoms with E-state index in [-0.39, 0.29) is 5.92 Å². The normalized spacial score (nSPS) is 12.5. The Morgan fingerprint density at radius 3 is 2.71 bits per heavy atom. The highest BCUT2D eigenvalue weighted by atomic mass is 15.4. The maximum atomic E-state index is 4.83. The van der Waals surface area contributed by atoms with Crippen LogP contribution < -0.4 is 0 Å². The lowest BCUT2D eigenvalue weighted by atomic mass is 9.98. The number of aromatic nitrogens is 5. The van der Waals surface area contributed by atoms with Crippen LogP contribution in [0, 0.1) is 6.92 Å². The number of fused-ring (bicyclic) bond motifs is 2. The van der Waals surface area contributed by atoms with Gasteiger partial charge >= 0.3 is 0 Å². The predicted molar refractivity (Wildman–Crippen MR) is 110 cm³/mol. The third kappa shape index (κ3) is 2.81. The SMILES string of the molecule is Cc1cccc(-c2ccc3nnc([C@@H](C)c4ccc5ncccc5c4)n3n2)c1. The molecule has 0 aliphatic carbocycles. The summed E-state index contributed by atoms with van der Waals surface area (Å²) in [6.07, 6.45) is 1.81. The molecule has 5 rings (SSSR count). The van der Waals surface area contributed by atoms with Crippen LogP contribution in [-0.4, -0.2) is 24.8 Å². The molecule has 136 valence electrons. The Labute approximate surface area is 162 Å². The van der Waals surface area contributed by atoms with Gasteiger partial charge < -0.3 is 0 Å². The van der Waals surface area contributed by atoms with Gasteiger partial charge in [-0.2, -0.15) is 9.61 Å². The van der Waals surface area contributed by atoms with Crippen molar-refractivity contribution in [1.29, 1.82) is 0 Å². The number of hydrogen-bond donors (Lipinski definition) is 0. The summed E-state index contributed by atoms with van der Waals surface area (Å²) in [4.78, 5) is 4.40. The van der Waals surface area contributed by atoms with Crippen molar-refractivity contribution in [1.82, 2.24) is 24.8 Å². The standard InChI is InChI=1S/C23H19N5/c1-15-5-3-6-18(13-15)21-10-11-22-25-26-23(28(22)27-21)16(2)17-8-9-20-19(14-17)7-4-12-24-20/h3-14,16H,1-2H3/t16-/m0/s1. The monoisotopic (exact) mass is 365 g/mol. The molecule has 3 aromatic heterocycles. The zero-order chi connectivity index (χ0) is 19.1. The van der Waals surface area contributed by atoms with Crippen molar-refractivity contribution in [2.75, 3.05) is 0 Å². The molecule has 0 radical (unpaired) electrons. The van der Waals surface area contributed by atoms with E-state index in [1.807, 2.05) is 28.9 Å². The number of benzene rings is 2. The van der Waals surface area contributed by atoms with E-state index in [2.05, 4.69) is 77.6 Å². The van der Waals surface area contributed by atoms with Gasteiger partial charge in [0.15, 0.2) is 11.5 Å². The van der Waals surface area contributed by atoms with Gasteiger partial charge in [-0.15, -0.1) is 10.2 Å². The topological polar surface area (TPSA) is 56.0 Å². The summed E-state index contributed by atoms with van der Waals surface area (Å²) in [6.45, 7) is 4.22. The Balaban J connectivity index is 1.60. The van der Waals surface area contributed by atoms with Crippen LogP contribution in [0.4, 0.5) is 0 Å². The molecule has 3 heterocycles. The quantitative estimate of drug-likeness (QED) is 0.461. The Hall–Kier alpha value is -3.60. The molecule has 0 aliphatic heterocycles. The summed E-state index contributed by atoms with van der Waals surface area (Å²) in [5.41, 5.74) is 6.11. The molecular weight excluding hydrogens is 346 g/mol. The van der Waals surface area contributed by atoms with Gasteiger partial charge in [0.05, 0.1) is 11.2 Å². The van der Waals surface area contributed by atoms with Crippen LogP contribution in [0.25, 0.3) is 27.8 Å². The summed E-state index contributed by atoms with van der Waals surface area (Å²) in [6, 6.07) is 22.7. The third-order valence-corrected chi connectivity index (χ3v) is 5.12. The molecule has 0 amide bonds. The second-order valence-corrected chi connectivity index (χ2v) is 7.09. The van der Waals surface area contributed by atoms with Crippen molar-refractivity contribution >= 4 is 16.6 Å². The molecule has 0 spiro atoms. The highest BCUT2D eigenvalue weighted by Gasteiger charge is 2.17. The first-order chi connectivity index (χ1) is 13.7. The van der Waals surface area contributed by atoms with Gasteiger partial charge in [0.25, 0.3) is 0 Å². The fraction of sp³-hybridized carbons (Fsp3) is 0.130. The Morgan fingerprint density at radius 1 is 0.893 bits per heavy atom. The minimum absolute atomic E-state index is 0.0554. The molecule has 0 saturated heterocycles. The molecule has 0 N–H and O–H groups in total. The molecule has 5 nitrogen and oxygen atoms in total. The summed E-state index contributed by atoms with van der Waals surface area (Å²) >= 11 is 0. The molecule has 0 fully saturated rings. The van der Waals surface area contributed by atoms with Gasteiger partial charge in [0, 0.05) is 23.1 Å². The van der Waals surface area contributed by atoms with Gasteiger partial charge in [-0.25, -0.2) is 0 Å². The van der Waals surface area contributed by atoms with Crippen LogP contribution in [0.3, 0.4) is 0 Å². The Bertz CT molecular complexity index is 1300. The van der Waals surface area contributed by atoms with Crippen molar-refractivity contribution < 1.29 is 0 Å². The van der Waals surface area contributed by atoms with E-state index in [0.717, 1.165) is 39.2 Å². The highest BCUT2D eigenvalue weighted by Crippen LogP contribution is 2.26.